The molecule has 0 N–H and O–H groups in total. The summed E-state index contributed by atoms with van der Waals surface area (Å²) in [6.07, 6.45) is 0.120. The van der Waals surface area contributed by atoms with Crippen LogP contribution >= 0.6 is 0 Å². The highest BCUT2D eigenvalue weighted by molar-refractivity contribution is 7.93. The van der Waals surface area contributed by atoms with Gasteiger partial charge in [-0.15, -0.1) is 0 Å². The first-order chi connectivity index (χ1) is 15.7. The van der Waals surface area contributed by atoms with E-state index in [1.54, 1.807) is 45.0 Å². The molecule has 186 valence electrons. The van der Waals surface area contributed by atoms with Crippen LogP contribution in [0, 0.1) is 0 Å². The van der Waals surface area contributed by atoms with Gasteiger partial charge < -0.3 is 9.47 Å². The third kappa shape index (κ3) is 6.02. The third-order valence-electron chi connectivity index (χ3n) is 5.89. The highest BCUT2D eigenvalue weighted by atomic mass is 32.2. The summed E-state index contributed by atoms with van der Waals surface area (Å²) in [6, 6.07) is 13.6. The van der Waals surface area contributed by atoms with Gasteiger partial charge in [-0.1, -0.05) is 36.4 Å². The predicted molar refractivity (Wildman–Crippen MR) is 127 cm³/mol. The number of carbonyl (C=O) groups is 1. The zero-order chi connectivity index (χ0) is 25.2. The number of halogens is 2. The Balaban J connectivity index is 1.85. The van der Waals surface area contributed by atoms with Crippen LogP contribution in [-0.2, 0) is 30.5 Å². The first-order valence-corrected chi connectivity index (χ1v) is 12.8. The molecule has 8 heteroatoms. The van der Waals surface area contributed by atoms with Crippen LogP contribution in [0.25, 0.3) is 11.1 Å². The van der Waals surface area contributed by atoms with Crippen molar-refractivity contribution in [1.82, 2.24) is 0 Å². The van der Waals surface area contributed by atoms with Crippen molar-refractivity contribution in [1.29, 1.82) is 0 Å². The molecule has 1 heterocycles. The van der Waals surface area contributed by atoms with Crippen LogP contribution in [0.3, 0.4) is 0 Å². The summed E-state index contributed by atoms with van der Waals surface area (Å²) in [6.45, 7) is 6.35. The first kappa shape index (κ1) is 26.3. The smallest absolute Gasteiger partial charge is 0.328 e. The second-order valence-electron chi connectivity index (χ2n) is 9.90. The van der Waals surface area contributed by atoms with Crippen LogP contribution in [-0.4, -0.2) is 43.9 Å². The number of benzene rings is 2. The van der Waals surface area contributed by atoms with Gasteiger partial charge in [0.25, 0.3) is 0 Å². The molecule has 34 heavy (non-hydrogen) atoms. The molecule has 0 radical (unpaired) electrons. The Bertz CT molecular complexity index is 1090. The number of hydrogen-bond acceptors (Lipinski definition) is 5. The minimum absolute atomic E-state index is 0.0320. The maximum absolute atomic E-state index is 13.7. The van der Waals surface area contributed by atoms with E-state index in [9.17, 15) is 22.0 Å². The lowest BCUT2D eigenvalue weighted by molar-refractivity contribution is -0.160. The number of aryl methyl sites for hydroxylation is 1. The largest absolute Gasteiger partial charge is 0.459 e. The van der Waals surface area contributed by atoms with Crippen molar-refractivity contribution in [2.45, 2.75) is 74.5 Å². The monoisotopic (exact) mass is 494 g/mol. The number of sulfone groups is 1. The molecule has 1 aliphatic rings. The minimum atomic E-state index is -4.05. The highest BCUT2D eigenvalue weighted by Crippen LogP contribution is 2.38. The number of hydrogen-bond donors (Lipinski definition) is 0. The Labute approximate surface area is 200 Å². The number of ether oxygens (including phenoxy) is 2. The van der Waals surface area contributed by atoms with Gasteiger partial charge in [-0.3, -0.25) is 4.79 Å². The van der Waals surface area contributed by atoms with E-state index in [-0.39, 0.29) is 43.8 Å². The topological polar surface area (TPSA) is 69.7 Å². The van der Waals surface area contributed by atoms with Crippen LogP contribution in [0.15, 0.2) is 53.4 Å². The van der Waals surface area contributed by atoms with Crippen molar-refractivity contribution in [3.05, 3.63) is 54.1 Å². The van der Waals surface area contributed by atoms with Gasteiger partial charge in [0.2, 0.25) is 5.92 Å². The SMILES string of the molecule is CC(F)(F)CCc1ccc(-c2ccc(S(=O)(=O)C3(C(=O)OC(C)(C)C)CCOCC3)cc2)cc1. The molecule has 2 aromatic carbocycles. The van der Waals surface area contributed by atoms with Crippen LogP contribution in [0.1, 0.15) is 52.5 Å². The molecule has 5 nitrogen and oxygen atoms in total. The van der Waals surface area contributed by atoms with Crippen LogP contribution < -0.4 is 0 Å². The Morgan fingerprint density at radius 1 is 0.941 bits per heavy atom. The summed E-state index contributed by atoms with van der Waals surface area (Å²) in [5.41, 5.74) is 1.61. The van der Waals surface area contributed by atoms with E-state index in [4.69, 9.17) is 9.47 Å². The molecule has 1 aliphatic heterocycles. The Kier molecular flexibility index (Phi) is 7.53. The van der Waals surface area contributed by atoms with E-state index in [1.807, 2.05) is 12.1 Å². The van der Waals surface area contributed by atoms with E-state index in [0.29, 0.717) is 0 Å². The van der Waals surface area contributed by atoms with E-state index in [1.165, 1.54) is 12.1 Å². The van der Waals surface area contributed by atoms with Crippen LogP contribution in [0.5, 0.6) is 0 Å². The summed E-state index contributed by atoms with van der Waals surface area (Å²) < 4.78 is 62.7. The average molecular weight is 495 g/mol. The molecule has 0 atom stereocenters. The predicted octanol–water partition coefficient (Wildman–Crippen LogP) is 5.61. The van der Waals surface area contributed by atoms with Gasteiger partial charge in [0.05, 0.1) is 4.90 Å². The van der Waals surface area contributed by atoms with Crippen molar-refractivity contribution in [2.24, 2.45) is 0 Å². The van der Waals surface area contributed by atoms with Gasteiger partial charge in [0.1, 0.15) is 5.60 Å². The molecule has 0 spiro atoms. The molecule has 0 saturated carbocycles. The zero-order valence-corrected chi connectivity index (χ0v) is 20.9. The molecule has 0 bridgehead atoms. The summed E-state index contributed by atoms with van der Waals surface area (Å²) in [4.78, 5) is 13.1. The van der Waals surface area contributed by atoms with Gasteiger partial charge in [-0.25, -0.2) is 17.2 Å². The lowest BCUT2D eigenvalue weighted by Gasteiger charge is -2.36. The molecule has 0 aliphatic carbocycles. The first-order valence-electron chi connectivity index (χ1n) is 11.4. The highest BCUT2D eigenvalue weighted by Gasteiger charge is 2.54. The van der Waals surface area contributed by atoms with Gasteiger partial charge in [0.15, 0.2) is 14.6 Å². The lowest BCUT2D eigenvalue weighted by Crippen LogP contribution is -2.53. The summed E-state index contributed by atoms with van der Waals surface area (Å²) >= 11 is 0. The van der Waals surface area contributed by atoms with E-state index in [2.05, 4.69) is 0 Å². The Morgan fingerprint density at radius 3 is 1.91 bits per heavy atom. The van der Waals surface area contributed by atoms with Gasteiger partial charge in [0, 0.05) is 32.5 Å². The Hall–Kier alpha value is -2.32. The van der Waals surface area contributed by atoms with Crippen LogP contribution in [0.2, 0.25) is 0 Å². The molecule has 1 fully saturated rings. The minimum Gasteiger partial charge on any atom is -0.459 e. The number of carbonyl (C=O) groups excluding carboxylic acids is 1. The maximum Gasteiger partial charge on any atom is 0.328 e. The normalized spacial score (nSPS) is 16.8. The fourth-order valence-electron chi connectivity index (χ4n) is 3.93. The molecule has 3 rings (SSSR count). The van der Waals surface area contributed by atoms with Gasteiger partial charge in [-0.05, 0) is 62.9 Å². The van der Waals surface area contributed by atoms with Crippen molar-refractivity contribution < 1.29 is 31.5 Å². The molecular weight excluding hydrogens is 462 g/mol. The second-order valence-corrected chi connectivity index (χ2v) is 12.2. The van der Waals surface area contributed by atoms with Crippen molar-refractivity contribution in [2.75, 3.05) is 13.2 Å². The van der Waals surface area contributed by atoms with E-state index in [0.717, 1.165) is 23.6 Å². The molecule has 0 amide bonds. The number of rotatable bonds is 7. The standard InChI is InChI=1S/C26H32F2O5S/c1-24(2,3)33-23(29)26(15-17-32-18-16-26)34(30,31)22-11-9-21(10-12-22)20-7-5-19(6-8-20)13-14-25(4,27)28/h5-12H,13-18H2,1-4H3. The summed E-state index contributed by atoms with van der Waals surface area (Å²) in [7, 11) is -4.05. The van der Waals surface area contributed by atoms with Crippen molar-refractivity contribution >= 4 is 15.8 Å². The number of alkyl halides is 2. The molecule has 1 saturated heterocycles. The fourth-order valence-corrected chi connectivity index (χ4v) is 5.85. The molecule has 0 aromatic heterocycles. The molecule has 2 aromatic rings. The van der Waals surface area contributed by atoms with Crippen molar-refractivity contribution in [3.8, 4) is 11.1 Å². The Morgan fingerprint density at radius 2 is 1.44 bits per heavy atom. The number of esters is 1. The molecular formula is C26H32F2O5S. The van der Waals surface area contributed by atoms with Gasteiger partial charge in [-0.2, -0.15) is 0 Å². The van der Waals surface area contributed by atoms with Crippen LogP contribution in [0.4, 0.5) is 8.78 Å². The van der Waals surface area contributed by atoms with E-state index >= 15 is 0 Å². The second kappa shape index (κ2) is 9.74. The summed E-state index contributed by atoms with van der Waals surface area (Å²) in [5.74, 6) is -3.46. The van der Waals surface area contributed by atoms with Crippen molar-refractivity contribution in [3.63, 3.8) is 0 Å². The van der Waals surface area contributed by atoms with Gasteiger partial charge >= 0.3 is 5.97 Å². The maximum atomic E-state index is 13.7. The third-order valence-corrected chi connectivity index (χ3v) is 8.39. The average Bonchev–Trinajstić information content (AvgIpc) is 2.77. The lowest BCUT2D eigenvalue weighted by atomic mass is 9.99. The summed E-state index contributed by atoms with van der Waals surface area (Å²) in [5, 5.41) is 0. The van der Waals surface area contributed by atoms with E-state index < -0.39 is 32.1 Å². The molecule has 0 unspecified atom stereocenters. The fraction of sp³-hybridized carbons (Fsp3) is 0.500. The quantitative estimate of drug-likeness (QED) is 0.468. The zero-order valence-electron chi connectivity index (χ0n) is 20.1.